The third-order valence-electron chi connectivity index (χ3n) is 4.63. The van der Waals surface area contributed by atoms with Crippen molar-refractivity contribution in [3.8, 4) is 0 Å². The summed E-state index contributed by atoms with van der Waals surface area (Å²) in [4.78, 5) is 23.3. The van der Waals surface area contributed by atoms with E-state index in [1.165, 1.54) is 6.07 Å². The highest BCUT2D eigenvalue weighted by atomic mass is 16.4. The number of hydrogen-bond acceptors (Lipinski definition) is 3. The number of nitrogens with one attached hydrogen (secondary N) is 1. The van der Waals surface area contributed by atoms with Crippen LogP contribution in [0.25, 0.3) is 0 Å². The van der Waals surface area contributed by atoms with Crippen LogP contribution in [0.4, 0.5) is 0 Å². The molecule has 1 amide bonds. The van der Waals surface area contributed by atoms with Gasteiger partial charge in [0, 0.05) is 18.5 Å². The monoisotopic (exact) mass is 307 g/mol. The van der Waals surface area contributed by atoms with E-state index in [9.17, 15) is 9.59 Å². The number of rotatable bonds is 5. The summed E-state index contributed by atoms with van der Waals surface area (Å²) < 4.78 is 5.40. The number of aromatic carboxylic acids is 1. The maximum atomic E-state index is 12.2. The first-order valence-corrected chi connectivity index (χ1v) is 8.09. The molecule has 0 unspecified atom stereocenters. The molecule has 2 N–H and O–H groups in total. The van der Waals surface area contributed by atoms with Crippen molar-refractivity contribution in [1.29, 1.82) is 0 Å². The van der Waals surface area contributed by atoms with E-state index in [-0.39, 0.29) is 23.3 Å². The second kappa shape index (κ2) is 6.99. The Labute approximate surface area is 131 Å². The predicted octanol–water partition coefficient (Wildman–Crippen LogP) is 3.48. The minimum absolute atomic E-state index is 0.0798. The van der Waals surface area contributed by atoms with Gasteiger partial charge in [-0.1, -0.05) is 20.8 Å². The number of hydrogen-bond donors (Lipinski definition) is 2. The maximum Gasteiger partial charge on any atom is 0.339 e. The van der Waals surface area contributed by atoms with E-state index in [4.69, 9.17) is 9.52 Å². The van der Waals surface area contributed by atoms with Gasteiger partial charge in [0.25, 0.3) is 5.91 Å². The number of aryl methyl sites for hydroxylation is 1. The lowest BCUT2D eigenvalue weighted by Gasteiger charge is -2.31. The molecule has 22 heavy (non-hydrogen) atoms. The smallest absolute Gasteiger partial charge is 0.339 e. The summed E-state index contributed by atoms with van der Waals surface area (Å²) in [5, 5.41) is 12.1. The molecule has 122 valence electrons. The fourth-order valence-corrected chi connectivity index (χ4v) is 3.17. The van der Waals surface area contributed by atoms with Crippen molar-refractivity contribution < 1.29 is 19.1 Å². The normalized spacial score (nSPS) is 21.8. The summed E-state index contributed by atoms with van der Waals surface area (Å²) in [6.07, 6.45) is 4.65. The Balaban J connectivity index is 1.97. The van der Waals surface area contributed by atoms with Gasteiger partial charge in [0.2, 0.25) is 0 Å². The van der Waals surface area contributed by atoms with Crippen LogP contribution in [0.5, 0.6) is 0 Å². The highest BCUT2D eigenvalue weighted by Crippen LogP contribution is 2.30. The molecule has 0 radical (unpaired) electrons. The van der Waals surface area contributed by atoms with Gasteiger partial charge in [-0.2, -0.15) is 0 Å². The van der Waals surface area contributed by atoms with Crippen molar-refractivity contribution in [3.63, 3.8) is 0 Å². The van der Waals surface area contributed by atoms with Crippen LogP contribution in [0.15, 0.2) is 10.5 Å². The summed E-state index contributed by atoms with van der Waals surface area (Å²) in [5.74, 6) is 0.503. The van der Waals surface area contributed by atoms with Crippen LogP contribution < -0.4 is 5.32 Å². The molecule has 1 heterocycles. The van der Waals surface area contributed by atoms with Gasteiger partial charge in [-0.25, -0.2) is 4.79 Å². The Hall–Kier alpha value is -1.78. The molecule has 5 heteroatoms. The number of furan rings is 1. The Kier molecular flexibility index (Phi) is 5.27. The zero-order chi connectivity index (χ0) is 16.3. The number of carboxylic acid groups (broad SMARTS) is 1. The van der Waals surface area contributed by atoms with Crippen LogP contribution in [-0.4, -0.2) is 23.0 Å². The number of carbonyl (C=O) groups excluding carboxylic acids is 1. The quantitative estimate of drug-likeness (QED) is 0.872. The first-order chi connectivity index (χ1) is 10.4. The molecular weight excluding hydrogens is 282 g/mol. The van der Waals surface area contributed by atoms with E-state index in [1.54, 1.807) is 6.92 Å². The Bertz CT molecular complexity index is 539. The summed E-state index contributed by atoms with van der Waals surface area (Å²) in [7, 11) is 0. The van der Waals surface area contributed by atoms with Crippen molar-refractivity contribution >= 4 is 11.9 Å². The van der Waals surface area contributed by atoms with Gasteiger partial charge >= 0.3 is 5.97 Å². The minimum Gasteiger partial charge on any atom is -0.478 e. The second-order valence-electron chi connectivity index (χ2n) is 6.44. The Morgan fingerprint density at radius 3 is 2.41 bits per heavy atom. The molecule has 1 aromatic heterocycles. The van der Waals surface area contributed by atoms with Gasteiger partial charge in [0.05, 0.1) is 0 Å². The standard InChI is InChI=1S/C17H25NO4/c1-4-14-13(17(20)21)9-15(22-14)16(19)18-12-7-5-11(6-8-12)10(2)3/h9-12H,4-8H2,1-3H3,(H,18,19)(H,20,21). The lowest BCUT2D eigenvalue weighted by molar-refractivity contribution is 0.0694. The van der Waals surface area contributed by atoms with Gasteiger partial charge in [-0.15, -0.1) is 0 Å². The summed E-state index contributed by atoms with van der Waals surface area (Å²) >= 11 is 0. The van der Waals surface area contributed by atoms with E-state index in [1.807, 2.05) is 0 Å². The van der Waals surface area contributed by atoms with Crippen molar-refractivity contribution in [2.75, 3.05) is 0 Å². The molecular formula is C17H25NO4. The molecule has 0 bridgehead atoms. The molecule has 1 saturated carbocycles. The van der Waals surface area contributed by atoms with E-state index in [2.05, 4.69) is 19.2 Å². The summed E-state index contributed by atoms with van der Waals surface area (Å²) in [5.41, 5.74) is 0.0798. The van der Waals surface area contributed by atoms with E-state index >= 15 is 0 Å². The van der Waals surface area contributed by atoms with E-state index < -0.39 is 5.97 Å². The molecule has 1 aromatic rings. The lowest BCUT2D eigenvalue weighted by Crippen LogP contribution is -2.38. The zero-order valence-electron chi connectivity index (χ0n) is 13.5. The first kappa shape index (κ1) is 16.6. The molecule has 2 rings (SSSR count). The highest BCUT2D eigenvalue weighted by Gasteiger charge is 2.26. The fourth-order valence-electron chi connectivity index (χ4n) is 3.17. The summed E-state index contributed by atoms with van der Waals surface area (Å²) in [6, 6.07) is 1.49. The van der Waals surface area contributed by atoms with Crippen molar-refractivity contribution in [3.05, 3.63) is 23.2 Å². The molecule has 0 atom stereocenters. The lowest BCUT2D eigenvalue weighted by atomic mass is 9.80. The van der Waals surface area contributed by atoms with Crippen LogP contribution in [0.1, 0.15) is 73.1 Å². The number of carbonyl (C=O) groups is 2. The van der Waals surface area contributed by atoms with Gasteiger partial charge in [-0.3, -0.25) is 4.79 Å². The molecule has 0 aromatic carbocycles. The average Bonchev–Trinajstić information content (AvgIpc) is 2.92. The molecule has 5 nitrogen and oxygen atoms in total. The molecule has 1 aliphatic rings. The van der Waals surface area contributed by atoms with Crippen molar-refractivity contribution in [2.45, 2.75) is 58.9 Å². The number of carboxylic acids is 1. The SMILES string of the molecule is CCc1oc(C(=O)NC2CCC(C(C)C)CC2)cc1C(=O)O. The van der Waals surface area contributed by atoms with Crippen LogP contribution >= 0.6 is 0 Å². The van der Waals surface area contributed by atoms with Crippen LogP contribution in [0.3, 0.4) is 0 Å². The molecule has 1 fully saturated rings. The van der Waals surface area contributed by atoms with Crippen LogP contribution in [-0.2, 0) is 6.42 Å². The molecule has 1 aliphatic carbocycles. The van der Waals surface area contributed by atoms with E-state index in [0.717, 1.165) is 31.6 Å². The minimum atomic E-state index is -1.06. The third kappa shape index (κ3) is 3.70. The fraction of sp³-hybridized carbons (Fsp3) is 0.647. The zero-order valence-corrected chi connectivity index (χ0v) is 13.5. The third-order valence-corrected chi connectivity index (χ3v) is 4.63. The van der Waals surface area contributed by atoms with Crippen LogP contribution in [0.2, 0.25) is 0 Å². The first-order valence-electron chi connectivity index (χ1n) is 8.09. The largest absolute Gasteiger partial charge is 0.478 e. The van der Waals surface area contributed by atoms with Gasteiger partial charge in [-0.05, 0) is 37.5 Å². The second-order valence-corrected chi connectivity index (χ2v) is 6.44. The molecule has 0 spiro atoms. The predicted molar refractivity (Wildman–Crippen MR) is 83.1 cm³/mol. The molecule has 0 saturated heterocycles. The topological polar surface area (TPSA) is 79.5 Å². The average molecular weight is 307 g/mol. The van der Waals surface area contributed by atoms with Gasteiger partial charge in [0.1, 0.15) is 11.3 Å². The van der Waals surface area contributed by atoms with Crippen molar-refractivity contribution in [1.82, 2.24) is 5.32 Å². The van der Waals surface area contributed by atoms with Crippen LogP contribution in [0, 0.1) is 11.8 Å². The molecule has 0 aliphatic heterocycles. The van der Waals surface area contributed by atoms with Gasteiger partial charge < -0.3 is 14.8 Å². The maximum absolute atomic E-state index is 12.2. The van der Waals surface area contributed by atoms with Gasteiger partial charge in [0.15, 0.2) is 5.76 Å². The van der Waals surface area contributed by atoms with Crippen molar-refractivity contribution in [2.24, 2.45) is 11.8 Å². The summed E-state index contributed by atoms with van der Waals surface area (Å²) in [6.45, 7) is 6.29. The van der Waals surface area contributed by atoms with E-state index in [0.29, 0.717) is 18.1 Å². The highest BCUT2D eigenvalue weighted by molar-refractivity contribution is 5.96. The Morgan fingerprint density at radius 1 is 1.32 bits per heavy atom. The Morgan fingerprint density at radius 2 is 1.95 bits per heavy atom. The number of amides is 1.